The maximum absolute atomic E-state index is 13.7. The van der Waals surface area contributed by atoms with Gasteiger partial charge in [0.05, 0.1) is 11.7 Å². The fourth-order valence-corrected chi connectivity index (χ4v) is 8.31. The summed E-state index contributed by atoms with van der Waals surface area (Å²) in [6.07, 6.45) is -2.66. The smallest absolute Gasteiger partial charge is 0.416 e. The Morgan fingerprint density at radius 2 is 1.62 bits per heavy atom. The highest BCUT2D eigenvalue weighted by Crippen LogP contribution is 2.66. The number of benzene rings is 1. The van der Waals surface area contributed by atoms with Gasteiger partial charge in [0.2, 0.25) is 0 Å². The second-order valence-electron chi connectivity index (χ2n) is 9.55. The molecule has 1 aromatic carbocycles. The summed E-state index contributed by atoms with van der Waals surface area (Å²) in [7, 11) is -2.06. The Morgan fingerprint density at radius 1 is 1.07 bits per heavy atom. The van der Waals surface area contributed by atoms with Gasteiger partial charge in [-0.2, -0.15) is 13.2 Å². The van der Waals surface area contributed by atoms with E-state index in [9.17, 15) is 13.2 Å². The van der Waals surface area contributed by atoms with Crippen LogP contribution in [0.5, 0.6) is 0 Å². The molecule has 0 amide bonds. The predicted molar refractivity (Wildman–Crippen MR) is 114 cm³/mol. The lowest BCUT2D eigenvalue weighted by atomic mass is 9.97. The van der Waals surface area contributed by atoms with Crippen LogP contribution in [0, 0.1) is 17.3 Å². The van der Waals surface area contributed by atoms with Crippen LogP contribution < -0.4 is 5.32 Å². The highest BCUT2D eigenvalue weighted by atomic mass is 28.4. The van der Waals surface area contributed by atoms with Crippen molar-refractivity contribution < 1.29 is 17.6 Å². The molecule has 4 atom stereocenters. The molecule has 1 N–H and O–H groups in total. The van der Waals surface area contributed by atoms with Crippen molar-refractivity contribution in [3.05, 3.63) is 35.4 Å². The second kappa shape index (κ2) is 8.35. The third kappa shape index (κ3) is 4.59. The average Bonchev–Trinajstić information content (AvgIpc) is 3.02. The number of hydrogen-bond acceptors (Lipinski definition) is 2. The molecular formula is C23H36F3NOSi-. The van der Waals surface area contributed by atoms with Crippen LogP contribution in [0.2, 0.25) is 18.1 Å². The molecule has 2 aliphatic carbocycles. The van der Waals surface area contributed by atoms with E-state index in [2.05, 4.69) is 39.9 Å². The van der Waals surface area contributed by atoms with Crippen LogP contribution in [-0.4, -0.2) is 20.9 Å². The minimum Gasteiger partial charge on any atom is -0.558 e. The molecule has 2 fully saturated rings. The summed E-state index contributed by atoms with van der Waals surface area (Å²) in [4.78, 5) is 0. The van der Waals surface area contributed by atoms with Gasteiger partial charge in [-0.1, -0.05) is 52.8 Å². The maximum Gasteiger partial charge on any atom is 0.416 e. The van der Waals surface area contributed by atoms with Gasteiger partial charge < -0.3 is 9.74 Å². The maximum atomic E-state index is 13.7. The van der Waals surface area contributed by atoms with Gasteiger partial charge in [-0.15, -0.1) is 18.1 Å². The lowest BCUT2D eigenvalue weighted by molar-refractivity contribution is -0.139. The Kier molecular flexibility index (Phi) is 6.57. The minimum atomic E-state index is -4.37. The monoisotopic (exact) mass is 427 g/mol. The largest absolute Gasteiger partial charge is 0.558 e. The van der Waals surface area contributed by atoms with Gasteiger partial charge in [-0.05, 0) is 50.0 Å². The molecule has 0 radical (unpaired) electrons. The van der Waals surface area contributed by atoms with Crippen LogP contribution in [0.25, 0.3) is 0 Å². The number of rotatable bonds is 9. The average molecular weight is 428 g/mol. The van der Waals surface area contributed by atoms with Crippen molar-refractivity contribution in [2.75, 3.05) is 6.54 Å². The standard InChI is InChI=1S/C23H36F3NOSi/c1-6-29(7-2,8-3)28-21(17-11-9-10-12-18(17)23(24,25)26)15-27-16-13-19-20(14-16)22(19,4)5/h9-12,16,19-21,27H,6-8,13-15H2,1-5H3/q-1/t16?,19-,20+,21?. The number of alkyl halides is 3. The van der Waals surface area contributed by atoms with E-state index < -0.39 is 26.2 Å². The van der Waals surface area contributed by atoms with Crippen LogP contribution in [0.3, 0.4) is 0 Å². The fourth-order valence-electron chi connectivity index (χ4n) is 5.50. The molecule has 0 spiro atoms. The Bertz CT molecular complexity index is 679. The quantitative estimate of drug-likeness (QED) is 0.438. The van der Waals surface area contributed by atoms with Crippen molar-refractivity contribution in [2.45, 2.75) is 83.9 Å². The zero-order chi connectivity index (χ0) is 21.4. The number of nitrogens with one attached hydrogen (secondary N) is 1. The first-order valence-electron chi connectivity index (χ1n) is 11.1. The number of fused-ring (bicyclic) bond motifs is 1. The van der Waals surface area contributed by atoms with E-state index in [0.717, 1.165) is 42.8 Å². The van der Waals surface area contributed by atoms with Gasteiger partial charge in [-0.25, -0.2) is 0 Å². The lowest BCUT2D eigenvalue weighted by Gasteiger charge is -2.46. The van der Waals surface area contributed by atoms with Crippen LogP contribution in [0.15, 0.2) is 24.3 Å². The fraction of sp³-hybridized carbons (Fsp3) is 0.739. The number of hydrogen-bond donors (Lipinski definition) is 1. The Labute approximate surface area is 174 Å². The molecule has 2 saturated carbocycles. The van der Waals surface area contributed by atoms with E-state index in [1.165, 1.54) is 12.1 Å². The van der Waals surface area contributed by atoms with E-state index in [-0.39, 0.29) is 5.56 Å². The third-order valence-corrected chi connectivity index (χ3v) is 12.5. The van der Waals surface area contributed by atoms with Gasteiger partial charge in [-0.3, -0.25) is 0 Å². The molecule has 3 rings (SSSR count). The normalized spacial score (nSPS) is 27.0. The molecule has 0 bridgehead atoms. The van der Waals surface area contributed by atoms with Crippen LogP contribution in [0.4, 0.5) is 13.2 Å². The topological polar surface area (TPSA) is 21.3 Å². The molecule has 2 aliphatic rings. The first-order valence-corrected chi connectivity index (χ1v) is 13.7. The number of halogens is 3. The summed E-state index contributed by atoms with van der Waals surface area (Å²) in [5.74, 6) is 1.52. The van der Waals surface area contributed by atoms with E-state index in [0.29, 0.717) is 18.0 Å². The van der Waals surface area contributed by atoms with Gasteiger partial charge in [0.25, 0.3) is 0 Å². The molecule has 0 aliphatic heterocycles. The molecule has 0 saturated heterocycles. The van der Waals surface area contributed by atoms with E-state index in [1.807, 2.05) is 0 Å². The Balaban J connectivity index is 1.80. The first-order chi connectivity index (χ1) is 13.6. The van der Waals surface area contributed by atoms with Gasteiger partial charge in [0.1, 0.15) is 0 Å². The molecule has 1 aromatic rings. The van der Waals surface area contributed by atoms with Gasteiger partial charge >= 0.3 is 6.18 Å². The molecule has 29 heavy (non-hydrogen) atoms. The molecule has 2 nitrogen and oxygen atoms in total. The summed E-state index contributed by atoms with van der Waals surface area (Å²) in [6, 6.07) is 9.11. The lowest BCUT2D eigenvalue weighted by Crippen LogP contribution is -2.42. The van der Waals surface area contributed by atoms with Crippen molar-refractivity contribution in [2.24, 2.45) is 17.3 Å². The molecular weight excluding hydrogens is 391 g/mol. The zero-order valence-electron chi connectivity index (χ0n) is 18.4. The van der Waals surface area contributed by atoms with Crippen molar-refractivity contribution in [1.82, 2.24) is 5.32 Å². The molecule has 6 heteroatoms. The molecule has 0 aromatic heterocycles. The molecule has 2 unspecified atom stereocenters. The van der Waals surface area contributed by atoms with Crippen molar-refractivity contribution in [3.63, 3.8) is 0 Å². The highest BCUT2D eigenvalue weighted by molar-refractivity contribution is 6.73. The SMILES string of the molecule is CC[Si-](CC)(CC)OC(CNC1C[C@@H]2[C@H](C1)C2(C)C)c1ccccc1C(F)(F)F. The zero-order valence-corrected chi connectivity index (χ0v) is 19.4. The Hall–Kier alpha value is -0.853. The van der Waals surface area contributed by atoms with E-state index in [4.69, 9.17) is 4.43 Å². The summed E-state index contributed by atoms with van der Waals surface area (Å²) in [5.41, 5.74) is 0.169. The predicted octanol–water partition coefficient (Wildman–Crippen LogP) is 6.79. The van der Waals surface area contributed by atoms with Gasteiger partial charge in [0, 0.05) is 12.6 Å². The van der Waals surface area contributed by atoms with E-state index in [1.54, 1.807) is 12.1 Å². The first kappa shape index (κ1) is 22.8. The van der Waals surface area contributed by atoms with Gasteiger partial charge in [0.15, 0.2) is 0 Å². The highest BCUT2D eigenvalue weighted by Gasteiger charge is 2.61. The second-order valence-corrected chi connectivity index (χ2v) is 14.3. The van der Waals surface area contributed by atoms with E-state index >= 15 is 0 Å². The summed E-state index contributed by atoms with van der Waals surface area (Å²) < 4.78 is 47.7. The molecule has 0 heterocycles. The van der Waals surface area contributed by atoms with Crippen molar-refractivity contribution in [1.29, 1.82) is 0 Å². The summed E-state index contributed by atoms with van der Waals surface area (Å²) in [6.45, 7) is 11.5. The molecule has 165 valence electrons. The van der Waals surface area contributed by atoms with Crippen LogP contribution in [0.1, 0.15) is 64.7 Å². The van der Waals surface area contributed by atoms with Crippen molar-refractivity contribution in [3.8, 4) is 0 Å². The van der Waals surface area contributed by atoms with Crippen LogP contribution in [-0.2, 0) is 10.6 Å². The Morgan fingerprint density at radius 3 is 2.14 bits per heavy atom. The third-order valence-electron chi connectivity index (χ3n) is 7.90. The van der Waals surface area contributed by atoms with Crippen LogP contribution >= 0.6 is 0 Å². The summed E-state index contributed by atoms with van der Waals surface area (Å²) in [5, 5.41) is 3.58. The minimum absolute atomic E-state index is 0.281. The van der Waals surface area contributed by atoms with Crippen molar-refractivity contribution >= 4 is 8.32 Å². The summed E-state index contributed by atoms with van der Waals surface area (Å²) >= 11 is 0.